The molecular weight excluding hydrogens is 262 g/mol. The van der Waals surface area contributed by atoms with Crippen LogP contribution in [0.15, 0.2) is 36.8 Å². The van der Waals surface area contributed by atoms with E-state index in [4.69, 9.17) is 10.5 Å². The summed E-state index contributed by atoms with van der Waals surface area (Å²) < 4.78 is 7.71. The Morgan fingerprint density at radius 2 is 2.29 bits per heavy atom. The lowest BCUT2D eigenvalue weighted by Crippen LogP contribution is -2.27. The predicted molar refractivity (Wildman–Crippen MR) is 81.0 cm³/mol. The van der Waals surface area contributed by atoms with Gasteiger partial charge in [0.1, 0.15) is 0 Å². The van der Waals surface area contributed by atoms with Crippen LogP contribution in [0.3, 0.4) is 0 Å². The van der Waals surface area contributed by atoms with E-state index in [1.807, 2.05) is 12.5 Å². The standard InChI is InChI=1S/C17H21N3O/c18-17(13-5-6-21-10-13)16-8-19-11-20(16)9-14-7-12-3-1-2-4-15(12)14/h1-4,8,11,13-14,17H,5-7,9-10,18H2. The Balaban J connectivity index is 1.51. The van der Waals surface area contributed by atoms with Crippen molar-refractivity contribution in [2.24, 2.45) is 11.7 Å². The van der Waals surface area contributed by atoms with Crippen LogP contribution in [0.25, 0.3) is 0 Å². The molecule has 4 rings (SSSR count). The summed E-state index contributed by atoms with van der Waals surface area (Å²) in [4.78, 5) is 4.32. The van der Waals surface area contributed by atoms with Gasteiger partial charge in [-0.3, -0.25) is 0 Å². The van der Waals surface area contributed by atoms with E-state index in [0.29, 0.717) is 11.8 Å². The molecule has 0 bridgehead atoms. The van der Waals surface area contributed by atoms with Crippen molar-refractivity contribution < 1.29 is 4.74 Å². The molecule has 4 heteroatoms. The largest absolute Gasteiger partial charge is 0.381 e. The molecule has 0 radical (unpaired) electrons. The molecule has 3 unspecified atom stereocenters. The molecule has 110 valence electrons. The van der Waals surface area contributed by atoms with Crippen molar-refractivity contribution in [3.63, 3.8) is 0 Å². The number of nitrogens with zero attached hydrogens (tertiary/aromatic N) is 2. The van der Waals surface area contributed by atoms with Gasteiger partial charge in [-0.1, -0.05) is 24.3 Å². The lowest BCUT2D eigenvalue weighted by Gasteiger charge is -2.31. The SMILES string of the molecule is NC(c1cncn1CC1Cc2ccccc21)C1CCOC1. The second kappa shape index (κ2) is 5.28. The Morgan fingerprint density at radius 3 is 3.10 bits per heavy atom. The van der Waals surface area contributed by atoms with Crippen molar-refractivity contribution in [2.45, 2.75) is 31.3 Å². The Morgan fingerprint density at radius 1 is 1.38 bits per heavy atom. The molecule has 1 aromatic carbocycles. The van der Waals surface area contributed by atoms with Gasteiger partial charge >= 0.3 is 0 Å². The molecule has 2 aliphatic rings. The van der Waals surface area contributed by atoms with Crippen LogP contribution >= 0.6 is 0 Å². The van der Waals surface area contributed by atoms with E-state index in [0.717, 1.165) is 38.3 Å². The number of imidazole rings is 1. The van der Waals surface area contributed by atoms with E-state index < -0.39 is 0 Å². The molecule has 2 aromatic rings. The molecular formula is C17H21N3O. The van der Waals surface area contributed by atoms with Gasteiger partial charge < -0.3 is 15.0 Å². The molecule has 1 aliphatic heterocycles. The summed E-state index contributed by atoms with van der Waals surface area (Å²) in [7, 11) is 0. The second-order valence-electron chi connectivity index (χ2n) is 6.22. The summed E-state index contributed by atoms with van der Waals surface area (Å²) in [5, 5.41) is 0. The molecule has 1 aromatic heterocycles. The third-order valence-electron chi connectivity index (χ3n) is 4.94. The zero-order valence-electron chi connectivity index (χ0n) is 12.1. The third-order valence-corrected chi connectivity index (χ3v) is 4.94. The van der Waals surface area contributed by atoms with Gasteiger partial charge in [0.15, 0.2) is 0 Å². The fourth-order valence-electron chi connectivity index (χ4n) is 3.60. The highest BCUT2D eigenvalue weighted by Crippen LogP contribution is 2.37. The van der Waals surface area contributed by atoms with Crippen LogP contribution in [0.1, 0.15) is 35.2 Å². The van der Waals surface area contributed by atoms with Crippen molar-refractivity contribution >= 4 is 0 Å². The molecule has 2 N–H and O–H groups in total. The quantitative estimate of drug-likeness (QED) is 0.936. The van der Waals surface area contributed by atoms with E-state index >= 15 is 0 Å². The van der Waals surface area contributed by atoms with E-state index in [2.05, 4.69) is 33.8 Å². The molecule has 0 saturated carbocycles. The van der Waals surface area contributed by atoms with Gasteiger partial charge in [0, 0.05) is 31.2 Å². The Hall–Kier alpha value is -1.65. The number of nitrogens with two attached hydrogens (primary N) is 1. The summed E-state index contributed by atoms with van der Waals surface area (Å²) in [5.74, 6) is 1.02. The van der Waals surface area contributed by atoms with Crippen LogP contribution < -0.4 is 5.73 Å². The average molecular weight is 283 g/mol. The van der Waals surface area contributed by atoms with Crippen LogP contribution in [-0.2, 0) is 17.7 Å². The first-order valence-corrected chi connectivity index (χ1v) is 7.74. The topological polar surface area (TPSA) is 53.1 Å². The van der Waals surface area contributed by atoms with Gasteiger partial charge in [-0.25, -0.2) is 4.98 Å². The predicted octanol–water partition coefficient (Wildman–Crippen LogP) is 2.26. The van der Waals surface area contributed by atoms with Crippen molar-refractivity contribution in [1.82, 2.24) is 9.55 Å². The minimum Gasteiger partial charge on any atom is -0.381 e. The van der Waals surface area contributed by atoms with Gasteiger partial charge in [0.05, 0.1) is 24.7 Å². The minimum absolute atomic E-state index is 0.0327. The summed E-state index contributed by atoms with van der Waals surface area (Å²) in [6, 6.07) is 8.74. The van der Waals surface area contributed by atoms with Gasteiger partial charge in [-0.15, -0.1) is 0 Å². The van der Waals surface area contributed by atoms with Crippen molar-refractivity contribution in [3.05, 3.63) is 53.6 Å². The van der Waals surface area contributed by atoms with Crippen LogP contribution in [0.5, 0.6) is 0 Å². The monoisotopic (exact) mass is 283 g/mol. The number of aromatic nitrogens is 2. The number of benzene rings is 1. The Kier molecular flexibility index (Phi) is 3.28. The first kappa shape index (κ1) is 13.0. The molecule has 1 aliphatic carbocycles. The van der Waals surface area contributed by atoms with Crippen LogP contribution in [0, 0.1) is 5.92 Å². The van der Waals surface area contributed by atoms with Crippen molar-refractivity contribution in [1.29, 1.82) is 0 Å². The van der Waals surface area contributed by atoms with E-state index in [1.165, 1.54) is 11.1 Å². The number of hydrogen-bond acceptors (Lipinski definition) is 3. The Bertz CT molecular complexity index is 630. The number of fused-ring (bicyclic) bond motifs is 1. The van der Waals surface area contributed by atoms with Gasteiger partial charge in [0.25, 0.3) is 0 Å². The first-order chi connectivity index (χ1) is 10.3. The van der Waals surface area contributed by atoms with E-state index in [9.17, 15) is 0 Å². The van der Waals surface area contributed by atoms with Gasteiger partial charge in [-0.05, 0) is 24.0 Å². The van der Waals surface area contributed by atoms with Crippen molar-refractivity contribution in [2.75, 3.05) is 13.2 Å². The second-order valence-corrected chi connectivity index (χ2v) is 6.22. The summed E-state index contributed by atoms with van der Waals surface area (Å²) in [6.45, 7) is 2.59. The molecule has 21 heavy (non-hydrogen) atoms. The number of ether oxygens (including phenoxy) is 1. The first-order valence-electron chi connectivity index (χ1n) is 7.74. The number of hydrogen-bond donors (Lipinski definition) is 1. The molecule has 3 atom stereocenters. The molecule has 1 fully saturated rings. The van der Waals surface area contributed by atoms with Crippen LogP contribution in [0.2, 0.25) is 0 Å². The molecule has 1 saturated heterocycles. The average Bonchev–Trinajstić information content (AvgIpc) is 3.15. The lowest BCUT2D eigenvalue weighted by atomic mass is 9.77. The fourth-order valence-corrected chi connectivity index (χ4v) is 3.60. The van der Waals surface area contributed by atoms with E-state index in [-0.39, 0.29) is 6.04 Å². The Labute approximate surface area is 124 Å². The molecule has 4 nitrogen and oxygen atoms in total. The lowest BCUT2D eigenvalue weighted by molar-refractivity contribution is 0.180. The molecule has 0 spiro atoms. The highest BCUT2D eigenvalue weighted by Gasteiger charge is 2.29. The van der Waals surface area contributed by atoms with Crippen molar-refractivity contribution in [3.8, 4) is 0 Å². The minimum atomic E-state index is 0.0327. The van der Waals surface area contributed by atoms with Gasteiger partial charge in [0.2, 0.25) is 0 Å². The smallest absolute Gasteiger partial charge is 0.0948 e. The van der Waals surface area contributed by atoms with Gasteiger partial charge in [-0.2, -0.15) is 0 Å². The molecule has 2 heterocycles. The zero-order chi connectivity index (χ0) is 14.2. The third kappa shape index (κ3) is 2.28. The van der Waals surface area contributed by atoms with Crippen LogP contribution in [-0.4, -0.2) is 22.8 Å². The highest BCUT2D eigenvalue weighted by molar-refractivity contribution is 5.39. The maximum atomic E-state index is 6.43. The molecule has 0 amide bonds. The summed E-state index contributed by atoms with van der Waals surface area (Å²) in [6.07, 6.45) is 6.06. The summed E-state index contributed by atoms with van der Waals surface area (Å²) >= 11 is 0. The van der Waals surface area contributed by atoms with E-state index in [1.54, 1.807) is 0 Å². The van der Waals surface area contributed by atoms with Crippen LogP contribution in [0.4, 0.5) is 0 Å². The highest BCUT2D eigenvalue weighted by atomic mass is 16.5. The normalized spacial score (nSPS) is 25.4. The number of rotatable bonds is 4. The summed E-state index contributed by atoms with van der Waals surface area (Å²) in [5.41, 5.74) is 10.5. The maximum Gasteiger partial charge on any atom is 0.0948 e. The fraction of sp³-hybridized carbons (Fsp3) is 0.471. The maximum absolute atomic E-state index is 6.43. The zero-order valence-corrected chi connectivity index (χ0v) is 12.1.